The van der Waals surface area contributed by atoms with Gasteiger partial charge in [-0.05, 0) is 0 Å². The molecule has 1 N–H and O–H groups in total. The van der Waals surface area contributed by atoms with Crippen LogP contribution >= 0.6 is 0 Å². The SMILES string of the molecule is O=C(O)C#CC1CN(C(=O)C(F)(F)F)C1. The first-order valence-corrected chi connectivity index (χ1v) is 3.91. The molecule has 0 bridgehead atoms. The molecule has 0 atom stereocenters. The number of aliphatic carboxylic acids is 1. The van der Waals surface area contributed by atoms with Crippen LogP contribution < -0.4 is 0 Å². The third-order valence-electron chi connectivity index (χ3n) is 1.79. The lowest BCUT2D eigenvalue weighted by Crippen LogP contribution is -2.54. The van der Waals surface area contributed by atoms with Crippen molar-refractivity contribution >= 4 is 11.9 Å². The second kappa shape index (κ2) is 3.81. The van der Waals surface area contributed by atoms with Crippen LogP contribution in [0.5, 0.6) is 0 Å². The molecule has 1 saturated heterocycles. The highest BCUT2D eigenvalue weighted by molar-refractivity contribution is 5.86. The number of carbonyl (C=O) groups is 2. The molecule has 0 unspecified atom stereocenters. The minimum atomic E-state index is -4.87. The summed E-state index contributed by atoms with van der Waals surface area (Å²) < 4.78 is 35.5. The van der Waals surface area contributed by atoms with Gasteiger partial charge in [-0.2, -0.15) is 13.2 Å². The van der Waals surface area contributed by atoms with Crippen LogP contribution in [0.15, 0.2) is 0 Å². The monoisotopic (exact) mass is 221 g/mol. The molecule has 0 aliphatic carbocycles. The number of carboxylic acids is 1. The minimum Gasteiger partial charge on any atom is -0.472 e. The highest BCUT2D eigenvalue weighted by atomic mass is 19.4. The summed E-state index contributed by atoms with van der Waals surface area (Å²) in [5.41, 5.74) is 0. The van der Waals surface area contributed by atoms with E-state index in [4.69, 9.17) is 5.11 Å². The van der Waals surface area contributed by atoms with Crippen LogP contribution in [0.1, 0.15) is 0 Å². The van der Waals surface area contributed by atoms with Gasteiger partial charge in [0.1, 0.15) is 0 Å². The van der Waals surface area contributed by atoms with Gasteiger partial charge in [-0.1, -0.05) is 5.92 Å². The Bertz CT molecular complexity index is 346. The van der Waals surface area contributed by atoms with E-state index in [1.165, 1.54) is 0 Å². The van der Waals surface area contributed by atoms with Gasteiger partial charge in [-0.3, -0.25) is 4.79 Å². The Morgan fingerprint density at radius 1 is 1.33 bits per heavy atom. The highest BCUT2D eigenvalue weighted by Gasteiger charge is 2.46. The fraction of sp³-hybridized carbons (Fsp3) is 0.500. The van der Waals surface area contributed by atoms with Crippen molar-refractivity contribution in [3.8, 4) is 11.8 Å². The van der Waals surface area contributed by atoms with Crippen LogP contribution in [0.25, 0.3) is 0 Å². The Morgan fingerprint density at radius 2 is 1.87 bits per heavy atom. The van der Waals surface area contributed by atoms with Gasteiger partial charge in [0.2, 0.25) is 0 Å². The summed E-state index contributed by atoms with van der Waals surface area (Å²) in [6.45, 7) is -0.336. The lowest BCUT2D eigenvalue weighted by atomic mass is 10.0. The Hall–Kier alpha value is -1.71. The third-order valence-corrected chi connectivity index (χ3v) is 1.79. The average molecular weight is 221 g/mol. The summed E-state index contributed by atoms with van der Waals surface area (Å²) in [6, 6.07) is 0. The molecule has 0 aromatic heterocycles. The molecule has 4 nitrogen and oxygen atoms in total. The van der Waals surface area contributed by atoms with Crippen LogP contribution in [0.4, 0.5) is 13.2 Å². The van der Waals surface area contributed by atoms with E-state index >= 15 is 0 Å². The zero-order chi connectivity index (χ0) is 11.6. The van der Waals surface area contributed by atoms with E-state index in [2.05, 4.69) is 5.92 Å². The Morgan fingerprint density at radius 3 is 2.27 bits per heavy atom. The number of hydrogen-bond donors (Lipinski definition) is 1. The Kier molecular flexibility index (Phi) is 2.88. The van der Waals surface area contributed by atoms with Crippen LogP contribution in [0, 0.1) is 17.8 Å². The van der Waals surface area contributed by atoms with Gasteiger partial charge >= 0.3 is 18.1 Å². The van der Waals surface area contributed by atoms with Gasteiger partial charge < -0.3 is 10.0 Å². The molecule has 0 aromatic rings. The van der Waals surface area contributed by atoms with E-state index < -0.39 is 24.0 Å². The van der Waals surface area contributed by atoms with Crippen molar-refractivity contribution in [2.45, 2.75) is 6.18 Å². The summed E-state index contributed by atoms with van der Waals surface area (Å²) in [7, 11) is 0. The predicted molar refractivity (Wildman–Crippen MR) is 41.5 cm³/mol. The Labute approximate surface area is 82.7 Å². The molecular weight excluding hydrogens is 215 g/mol. The summed E-state index contributed by atoms with van der Waals surface area (Å²) in [5.74, 6) is 0.314. The zero-order valence-corrected chi connectivity index (χ0v) is 7.34. The molecule has 1 aliphatic heterocycles. The van der Waals surface area contributed by atoms with Crippen LogP contribution in [-0.2, 0) is 9.59 Å². The van der Waals surface area contributed by atoms with Crippen LogP contribution in [0.2, 0.25) is 0 Å². The standard InChI is InChI=1S/C8H6F3NO3/c9-8(10,11)7(15)12-3-5(4-12)1-2-6(13)14/h5H,3-4H2,(H,13,14). The summed E-state index contributed by atoms with van der Waals surface area (Å²) in [6.07, 6.45) is -4.87. The summed E-state index contributed by atoms with van der Waals surface area (Å²) in [5, 5.41) is 8.15. The lowest BCUT2D eigenvalue weighted by molar-refractivity contribution is -0.190. The molecule has 7 heteroatoms. The smallest absolute Gasteiger partial charge is 0.471 e. The summed E-state index contributed by atoms with van der Waals surface area (Å²) >= 11 is 0. The van der Waals surface area contributed by atoms with E-state index in [-0.39, 0.29) is 13.1 Å². The van der Waals surface area contributed by atoms with E-state index in [9.17, 15) is 22.8 Å². The zero-order valence-electron chi connectivity index (χ0n) is 7.34. The van der Waals surface area contributed by atoms with Crippen molar-refractivity contribution in [1.29, 1.82) is 0 Å². The van der Waals surface area contributed by atoms with Crippen molar-refractivity contribution in [3.63, 3.8) is 0 Å². The number of hydrogen-bond acceptors (Lipinski definition) is 2. The van der Waals surface area contributed by atoms with E-state index in [1.807, 2.05) is 0 Å². The molecule has 1 fully saturated rings. The number of carboxylic acid groups (broad SMARTS) is 1. The molecule has 0 saturated carbocycles. The number of amides is 1. The molecule has 1 amide bonds. The fourth-order valence-electron chi connectivity index (χ4n) is 1.08. The second-order valence-corrected chi connectivity index (χ2v) is 2.98. The number of halogens is 3. The summed E-state index contributed by atoms with van der Waals surface area (Å²) in [4.78, 5) is 21.1. The van der Waals surface area contributed by atoms with Crippen LogP contribution in [-0.4, -0.2) is 41.1 Å². The van der Waals surface area contributed by atoms with E-state index in [0.29, 0.717) is 4.90 Å². The molecule has 0 spiro atoms. The first kappa shape index (κ1) is 11.4. The number of carbonyl (C=O) groups excluding carboxylic acids is 1. The molecule has 15 heavy (non-hydrogen) atoms. The molecular formula is C8H6F3NO3. The molecule has 1 heterocycles. The average Bonchev–Trinajstić information content (AvgIpc) is 1.98. The minimum absolute atomic E-state index is 0.168. The van der Waals surface area contributed by atoms with Crippen molar-refractivity contribution < 1.29 is 27.9 Å². The number of nitrogens with zero attached hydrogens (tertiary/aromatic N) is 1. The largest absolute Gasteiger partial charge is 0.472 e. The van der Waals surface area contributed by atoms with E-state index in [0.717, 1.165) is 0 Å². The van der Waals surface area contributed by atoms with Crippen molar-refractivity contribution in [1.82, 2.24) is 4.90 Å². The van der Waals surface area contributed by atoms with Crippen molar-refractivity contribution in [2.24, 2.45) is 5.92 Å². The molecule has 1 rings (SSSR count). The maximum Gasteiger partial charge on any atom is 0.471 e. The fourth-order valence-corrected chi connectivity index (χ4v) is 1.08. The van der Waals surface area contributed by atoms with Gasteiger partial charge in [0.15, 0.2) is 0 Å². The van der Waals surface area contributed by atoms with Gasteiger partial charge in [0.05, 0.1) is 5.92 Å². The van der Waals surface area contributed by atoms with Crippen molar-refractivity contribution in [3.05, 3.63) is 0 Å². The first-order valence-electron chi connectivity index (χ1n) is 3.91. The van der Waals surface area contributed by atoms with Gasteiger partial charge in [0, 0.05) is 19.0 Å². The molecule has 1 aliphatic rings. The second-order valence-electron chi connectivity index (χ2n) is 2.98. The highest BCUT2D eigenvalue weighted by Crippen LogP contribution is 2.24. The molecule has 82 valence electrons. The maximum atomic E-state index is 11.8. The third kappa shape index (κ3) is 2.87. The quantitative estimate of drug-likeness (QED) is 0.590. The topological polar surface area (TPSA) is 57.6 Å². The molecule has 0 radical (unpaired) electrons. The molecule has 0 aromatic carbocycles. The van der Waals surface area contributed by atoms with Gasteiger partial charge in [-0.25, -0.2) is 4.79 Å². The lowest BCUT2D eigenvalue weighted by Gasteiger charge is -2.36. The van der Waals surface area contributed by atoms with Crippen LogP contribution in [0.3, 0.4) is 0 Å². The maximum absolute atomic E-state index is 11.8. The number of alkyl halides is 3. The Balaban J connectivity index is 2.43. The van der Waals surface area contributed by atoms with Gasteiger partial charge in [0.25, 0.3) is 0 Å². The normalized spacial score (nSPS) is 16.3. The van der Waals surface area contributed by atoms with Gasteiger partial charge in [-0.15, -0.1) is 0 Å². The predicted octanol–water partition coefficient (Wildman–Crippen LogP) is 0.0951. The first-order chi connectivity index (χ1) is 6.80. The van der Waals surface area contributed by atoms with E-state index in [1.54, 1.807) is 5.92 Å². The number of rotatable bonds is 0. The van der Waals surface area contributed by atoms with Crippen molar-refractivity contribution in [2.75, 3.05) is 13.1 Å². The number of likely N-dealkylation sites (tertiary alicyclic amines) is 1.